The highest BCUT2D eigenvalue weighted by atomic mass is 79.9. The second-order valence-electron chi connectivity index (χ2n) is 5.88. The summed E-state index contributed by atoms with van der Waals surface area (Å²) in [6.45, 7) is 1.21. The molecule has 0 aliphatic heterocycles. The largest absolute Gasteiger partial charge is 0.308 e. The van der Waals surface area contributed by atoms with Crippen LogP contribution >= 0.6 is 27.3 Å². The molecule has 4 nitrogen and oxygen atoms in total. The third-order valence-electron chi connectivity index (χ3n) is 3.68. The van der Waals surface area contributed by atoms with Crippen molar-refractivity contribution in [3.8, 4) is 0 Å². The van der Waals surface area contributed by atoms with E-state index < -0.39 is 0 Å². The first-order chi connectivity index (χ1) is 11.9. The molecule has 25 heavy (non-hydrogen) atoms. The number of likely N-dealkylation sites (N-methyl/N-ethyl adjacent to an activating group) is 1. The lowest BCUT2D eigenvalue weighted by molar-refractivity contribution is 0.0985. The highest BCUT2D eigenvalue weighted by Crippen LogP contribution is 2.30. The van der Waals surface area contributed by atoms with Crippen LogP contribution in [-0.4, -0.2) is 43.0 Å². The van der Waals surface area contributed by atoms with Crippen molar-refractivity contribution in [3.63, 3.8) is 0 Å². The van der Waals surface area contributed by atoms with Crippen molar-refractivity contribution in [1.82, 2.24) is 9.88 Å². The van der Waals surface area contributed by atoms with E-state index in [9.17, 15) is 9.18 Å². The predicted octanol–water partition coefficient (Wildman–Crippen LogP) is 4.41. The molecule has 1 heterocycles. The summed E-state index contributed by atoms with van der Waals surface area (Å²) in [7, 11) is 3.91. The average molecular weight is 422 g/mol. The van der Waals surface area contributed by atoms with E-state index in [0.29, 0.717) is 29.3 Å². The van der Waals surface area contributed by atoms with Crippen LogP contribution < -0.4 is 4.90 Å². The fourth-order valence-corrected chi connectivity index (χ4v) is 3.61. The van der Waals surface area contributed by atoms with Gasteiger partial charge in [0.2, 0.25) is 0 Å². The van der Waals surface area contributed by atoms with Gasteiger partial charge in [0.25, 0.3) is 5.91 Å². The number of aromatic nitrogens is 1. The standard InChI is InChI=1S/C18H17BrFN3OS/c1-22(2)9-10-23(17(24)12-3-5-13(19)6-4-12)18-21-15-8-7-14(20)11-16(15)25-18/h3-8,11H,9-10H2,1-2H3. The molecule has 0 radical (unpaired) electrons. The lowest BCUT2D eigenvalue weighted by Crippen LogP contribution is -2.36. The first kappa shape index (κ1) is 18.0. The summed E-state index contributed by atoms with van der Waals surface area (Å²) >= 11 is 4.70. The minimum Gasteiger partial charge on any atom is -0.308 e. The highest BCUT2D eigenvalue weighted by molar-refractivity contribution is 9.10. The second-order valence-corrected chi connectivity index (χ2v) is 7.80. The van der Waals surface area contributed by atoms with Crippen LogP contribution in [0, 0.1) is 5.82 Å². The van der Waals surface area contributed by atoms with Crippen molar-refractivity contribution in [2.75, 3.05) is 32.1 Å². The first-order valence-electron chi connectivity index (χ1n) is 7.72. The molecular weight excluding hydrogens is 405 g/mol. The van der Waals surface area contributed by atoms with Crippen molar-refractivity contribution in [2.24, 2.45) is 0 Å². The minimum absolute atomic E-state index is 0.117. The van der Waals surface area contributed by atoms with Gasteiger partial charge in [-0.2, -0.15) is 0 Å². The highest BCUT2D eigenvalue weighted by Gasteiger charge is 2.21. The van der Waals surface area contributed by atoms with Gasteiger partial charge >= 0.3 is 0 Å². The minimum atomic E-state index is -0.304. The number of halogens is 2. The molecule has 0 bridgehead atoms. The molecule has 1 amide bonds. The Labute approximate surface area is 158 Å². The molecule has 0 saturated heterocycles. The van der Waals surface area contributed by atoms with Crippen LogP contribution in [0.3, 0.4) is 0 Å². The number of carbonyl (C=O) groups is 1. The summed E-state index contributed by atoms with van der Waals surface area (Å²) in [5.74, 6) is -0.421. The van der Waals surface area contributed by atoms with Gasteiger partial charge < -0.3 is 4.90 Å². The molecule has 7 heteroatoms. The summed E-state index contributed by atoms with van der Waals surface area (Å²) < 4.78 is 15.1. The number of benzene rings is 2. The fourth-order valence-electron chi connectivity index (χ4n) is 2.33. The molecule has 0 fully saturated rings. The zero-order chi connectivity index (χ0) is 18.0. The number of hydrogen-bond acceptors (Lipinski definition) is 4. The zero-order valence-corrected chi connectivity index (χ0v) is 16.3. The number of nitrogens with zero attached hydrogens (tertiary/aromatic N) is 3. The van der Waals surface area contributed by atoms with Crippen molar-refractivity contribution in [3.05, 3.63) is 58.3 Å². The summed E-state index contributed by atoms with van der Waals surface area (Å²) in [5.41, 5.74) is 1.28. The zero-order valence-electron chi connectivity index (χ0n) is 13.9. The van der Waals surface area contributed by atoms with Gasteiger partial charge in [-0.15, -0.1) is 0 Å². The predicted molar refractivity (Wildman–Crippen MR) is 104 cm³/mol. The number of anilines is 1. The van der Waals surface area contributed by atoms with Gasteiger partial charge in [0.05, 0.1) is 10.2 Å². The van der Waals surface area contributed by atoms with E-state index >= 15 is 0 Å². The Bertz CT molecular complexity index is 895. The van der Waals surface area contributed by atoms with E-state index in [4.69, 9.17) is 0 Å². The van der Waals surface area contributed by atoms with Gasteiger partial charge in [0.1, 0.15) is 5.82 Å². The van der Waals surface area contributed by atoms with Gasteiger partial charge in [-0.1, -0.05) is 27.3 Å². The average Bonchev–Trinajstić information content (AvgIpc) is 2.98. The summed E-state index contributed by atoms with van der Waals surface area (Å²) in [6, 6.07) is 11.7. The Kier molecular flexibility index (Phi) is 5.46. The van der Waals surface area contributed by atoms with Crippen molar-refractivity contribution < 1.29 is 9.18 Å². The van der Waals surface area contributed by atoms with Crippen molar-refractivity contribution >= 4 is 48.5 Å². The quantitative estimate of drug-likeness (QED) is 0.612. The van der Waals surface area contributed by atoms with E-state index in [0.717, 1.165) is 9.17 Å². The Balaban J connectivity index is 1.97. The van der Waals surface area contributed by atoms with Crippen LogP contribution in [-0.2, 0) is 0 Å². The third kappa shape index (κ3) is 4.23. The van der Waals surface area contributed by atoms with Crippen LogP contribution in [0.2, 0.25) is 0 Å². The summed E-state index contributed by atoms with van der Waals surface area (Å²) in [6.07, 6.45) is 0. The molecule has 0 atom stereocenters. The Hall–Kier alpha value is -1.83. The van der Waals surface area contributed by atoms with Crippen LogP contribution in [0.25, 0.3) is 10.2 Å². The maximum Gasteiger partial charge on any atom is 0.260 e. The first-order valence-corrected chi connectivity index (χ1v) is 9.33. The molecule has 0 spiro atoms. The number of thiazole rings is 1. The van der Waals surface area contributed by atoms with E-state index in [1.807, 2.05) is 31.1 Å². The fraction of sp³-hybridized carbons (Fsp3) is 0.222. The van der Waals surface area contributed by atoms with Crippen molar-refractivity contribution in [1.29, 1.82) is 0 Å². The Morgan fingerprint density at radius 2 is 1.88 bits per heavy atom. The lowest BCUT2D eigenvalue weighted by atomic mass is 10.2. The summed E-state index contributed by atoms with van der Waals surface area (Å²) in [5, 5.41) is 0.579. The maximum absolute atomic E-state index is 13.4. The van der Waals surface area contributed by atoms with Gasteiger partial charge in [-0.3, -0.25) is 9.69 Å². The molecule has 1 aromatic heterocycles. The number of hydrogen-bond donors (Lipinski definition) is 0. The normalized spacial score (nSPS) is 11.2. The maximum atomic E-state index is 13.4. The van der Waals surface area contributed by atoms with Crippen LogP contribution in [0.1, 0.15) is 10.4 Å². The molecular formula is C18H17BrFN3OS. The molecule has 3 rings (SSSR count). The van der Waals surface area contributed by atoms with E-state index in [1.54, 1.807) is 23.1 Å². The van der Waals surface area contributed by atoms with E-state index in [-0.39, 0.29) is 11.7 Å². The van der Waals surface area contributed by atoms with Gasteiger partial charge in [-0.05, 0) is 56.6 Å². The smallest absolute Gasteiger partial charge is 0.260 e. The van der Waals surface area contributed by atoms with Crippen LogP contribution in [0.4, 0.5) is 9.52 Å². The molecule has 130 valence electrons. The van der Waals surface area contributed by atoms with E-state index in [2.05, 4.69) is 20.9 Å². The van der Waals surface area contributed by atoms with Crippen LogP contribution in [0.15, 0.2) is 46.9 Å². The van der Waals surface area contributed by atoms with Gasteiger partial charge in [0, 0.05) is 23.1 Å². The molecule has 2 aromatic carbocycles. The molecule has 0 aliphatic carbocycles. The number of amides is 1. The molecule has 0 N–H and O–H groups in total. The molecule has 0 saturated carbocycles. The van der Waals surface area contributed by atoms with E-state index in [1.165, 1.54) is 23.5 Å². The van der Waals surface area contributed by atoms with Gasteiger partial charge in [-0.25, -0.2) is 9.37 Å². The molecule has 3 aromatic rings. The lowest BCUT2D eigenvalue weighted by Gasteiger charge is -2.22. The Morgan fingerprint density at radius 1 is 1.16 bits per heavy atom. The topological polar surface area (TPSA) is 36.4 Å². The number of carbonyl (C=O) groups excluding carboxylic acids is 1. The Morgan fingerprint density at radius 3 is 2.56 bits per heavy atom. The molecule has 0 unspecified atom stereocenters. The van der Waals surface area contributed by atoms with Crippen molar-refractivity contribution in [2.45, 2.75) is 0 Å². The summed E-state index contributed by atoms with van der Waals surface area (Å²) in [4.78, 5) is 21.2. The number of rotatable bonds is 5. The SMILES string of the molecule is CN(C)CCN(C(=O)c1ccc(Br)cc1)c1nc2ccc(F)cc2s1. The third-order valence-corrected chi connectivity index (χ3v) is 5.25. The van der Waals surface area contributed by atoms with Crippen LogP contribution in [0.5, 0.6) is 0 Å². The monoisotopic (exact) mass is 421 g/mol. The number of fused-ring (bicyclic) bond motifs is 1. The van der Waals surface area contributed by atoms with Gasteiger partial charge in [0.15, 0.2) is 5.13 Å². The second kappa shape index (κ2) is 7.59. The molecule has 0 aliphatic rings.